The van der Waals surface area contributed by atoms with Gasteiger partial charge in [0.05, 0.1) is 13.2 Å². The number of hydrogen-bond acceptors (Lipinski definition) is 6. The molecule has 0 saturated carbocycles. The third-order valence-electron chi connectivity index (χ3n) is 3.69. The van der Waals surface area contributed by atoms with Crippen molar-refractivity contribution in [2.24, 2.45) is 4.99 Å². The summed E-state index contributed by atoms with van der Waals surface area (Å²) in [6.07, 6.45) is 5.13. The van der Waals surface area contributed by atoms with Crippen LogP contribution in [0.1, 0.15) is 13.3 Å². The number of methoxy groups -OCH3 is 1. The molecule has 4 nitrogen and oxygen atoms in total. The van der Waals surface area contributed by atoms with Gasteiger partial charge in [-0.2, -0.15) is 0 Å². The molecule has 0 aliphatic carbocycles. The van der Waals surface area contributed by atoms with Crippen LogP contribution in [-0.4, -0.2) is 49.3 Å². The Morgan fingerprint density at radius 1 is 1.58 bits per heavy atom. The molecule has 1 atom stereocenters. The fraction of sp³-hybridized carbons (Fsp3) is 0.471. The standard InChI is InChI=1S/C17H24BrN3OS2/c1-4-8-23-13(2)17-19-11-14(5-6-18)16-10-15(12-21(16)17)20-24-9-7-22-3/h4-6,8,15,20H,2,7,9-12H2,1,3H3/b6-5+,8-4-. The van der Waals surface area contributed by atoms with Gasteiger partial charge in [-0.15, -0.1) is 0 Å². The van der Waals surface area contributed by atoms with Crippen molar-refractivity contribution in [2.75, 3.05) is 32.6 Å². The Morgan fingerprint density at radius 3 is 3.12 bits per heavy atom. The van der Waals surface area contributed by atoms with E-state index in [1.165, 1.54) is 11.3 Å². The maximum atomic E-state index is 5.10. The molecule has 2 heterocycles. The molecule has 24 heavy (non-hydrogen) atoms. The van der Waals surface area contributed by atoms with E-state index in [0.29, 0.717) is 12.6 Å². The zero-order chi connectivity index (χ0) is 17.4. The molecule has 1 saturated heterocycles. The molecule has 0 aromatic carbocycles. The predicted molar refractivity (Wildman–Crippen MR) is 112 cm³/mol. The van der Waals surface area contributed by atoms with Crippen molar-refractivity contribution in [3.8, 4) is 0 Å². The molecule has 0 aromatic heterocycles. The highest BCUT2D eigenvalue weighted by atomic mass is 79.9. The molecular weight excluding hydrogens is 406 g/mol. The van der Waals surface area contributed by atoms with E-state index in [4.69, 9.17) is 9.73 Å². The van der Waals surface area contributed by atoms with Gasteiger partial charge in [-0.1, -0.05) is 52.3 Å². The smallest absolute Gasteiger partial charge is 0.141 e. The fourth-order valence-electron chi connectivity index (χ4n) is 2.64. The minimum absolute atomic E-state index is 0.406. The first-order chi connectivity index (χ1) is 11.7. The third-order valence-corrected chi connectivity index (χ3v) is 5.70. The largest absolute Gasteiger partial charge is 0.384 e. The summed E-state index contributed by atoms with van der Waals surface area (Å²) in [5, 5.41) is 2.05. The molecule has 0 amide bonds. The maximum Gasteiger partial charge on any atom is 0.141 e. The molecule has 1 unspecified atom stereocenters. The Balaban J connectivity index is 2.08. The normalized spacial score (nSPS) is 21.0. The van der Waals surface area contributed by atoms with E-state index in [9.17, 15) is 0 Å². The van der Waals surface area contributed by atoms with E-state index in [1.807, 2.05) is 18.0 Å². The van der Waals surface area contributed by atoms with Gasteiger partial charge in [0.25, 0.3) is 0 Å². The topological polar surface area (TPSA) is 36.9 Å². The van der Waals surface area contributed by atoms with Crippen LogP contribution in [0.15, 0.2) is 50.3 Å². The molecule has 7 heteroatoms. The van der Waals surface area contributed by atoms with Gasteiger partial charge in [-0.05, 0) is 29.0 Å². The summed E-state index contributed by atoms with van der Waals surface area (Å²) in [6.45, 7) is 8.61. The van der Waals surface area contributed by atoms with Gasteiger partial charge in [-0.25, -0.2) is 0 Å². The summed E-state index contributed by atoms with van der Waals surface area (Å²) in [5.41, 5.74) is 2.62. The van der Waals surface area contributed by atoms with Crippen LogP contribution in [0.3, 0.4) is 0 Å². The highest BCUT2D eigenvalue weighted by Gasteiger charge is 2.34. The quantitative estimate of drug-likeness (QED) is 0.436. The summed E-state index contributed by atoms with van der Waals surface area (Å²) in [4.78, 5) is 10.0. The number of amidine groups is 1. The first-order valence-electron chi connectivity index (χ1n) is 7.85. The van der Waals surface area contributed by atoms with Crippen molar-refractivity contribution < 1.29 is 4.74 Å². The molecule has 0 aromatic rings. The monoisotopic (exact) mass is 429 g/mol. The highest BCUT2D eigenvalue weighted by molar-refractivity contribution is 9.11. The lowest BCUT2D eigenvalue weighted by Crippen LogP contribution is -2.34. The van der Waals surface area contributed by atoms with E-state index >= 15 is 0 Å². The molecular formula is C17H24BrN3OS2. The second-order valence-corrected chi connectivity index (χ2v) is 7.85. The van der Waals surface area contributed by atoms with Gasteiger partial charge in [-0.3, -0.25) is 9.71 Å². The Hall–Kier alpha value is -0.470. The lowest BCUT2D eigenvalue weighted by Gasteiger charge is -2.28. The Morgan fingerprint density at radius 2 is 2.42 bits per heavy atom. The number of thioether (sulfide) groups is 1. The van der Waals surface area contributed by atoms with Gasteiger partial charge in [0.2, 0.25) is 0 Å². The number of fused-ring (bicyclic) bond motifs is 1. The van der Waals surface area contributed by atoms with E-state index < -0.39 is 0 Å². The summed E-state index contributed by atoms with van der Waals surface area (Å²) in [7, 11) is 1.73. The molecule has 2 aliphatic heterocycles. The zero-order valence-electron chi connectivity index (χ0n) is 14.1. The lowest BCUT2D eigenvalue weighted by molar-refractivity contribution is 0.218. The van der Waals surface area contributed by atoms with E-state index in [2.05, 4.69) is 43.6 Å². The second kappa shape index (κ2) is 10.5. The van der Waals surface area contributed by atoms with Crippen molar-refractivity contribution in [3.05, 3.63) is 45.3 Å². The van der Waals surface area contributed by atoms with Crippen molar-refractivity contribution >= 4 is 45.5 Å². The van der Waals surface area contributed by atoms with E-state index in [0.717, 1.165) is 36.1 Å². The van der Waals surface area contributed by atoms with Crippen LogP contribution in [0.25, 0.3) is 0 Å². The van der Waals surface area contributed by atoms with Gasteiger partial charge >= 0.3 is 0 Å². The summed E-state index contributed by atoms with van der Waals surface area (Å²) >= 11 is 6.75. The summed E-state index contributed by atoms with van der Waals surface area (Å²) in [5.74, 6) is 1.95. The number of nitrogens with zero attached hydrogens (tertiary/aromatic N) is 2. The van der Waals surface area contributed by atoms with Crippen LogP contribution >= 0.6 is 39.6 Å². The molecule has 1 fully saturated rings. The molecule has 1 N–H and O–H groups in total. The number of aliphatic imine (C=N–C) groups is 1. The molecule has 132 valence electrons. The van der Waals surface area contributed by atoms with Crippen LogP contribution in [0.5, 0.6) is 0 Å². The van der Waals surface area contributed by atoms with Gasteiger partial charge in [0.1, 0.15) is 5.84 Å². The van der Waals surface area contributed by atoms with Gasteiger partial charge < -0.3 is 9.64 Å². The lowest BCUT2D eigenvalue weighted by atomic mass is 10.1. The number of ether oxygens (including phenoxy) is 1. The van der Waals surface area contributed by atoms with Crippen molar-refractivity contribution in [1.29, 1.82) is 0 Å². The van der Waals surface area contributed by atoms with Crippen LogP contribution in [0.2, 0.25) is 0 Å². The molecule has 0 spiro atoms. The Bertz CT molecular complexity index is 572. The number of allylic oxidation sites excluding steroid dienone is 1. The van der Waals surface area contributed by atoms with E-state index in [-0.39, 0.29) is 0 Å². The Kier molecular flexibility index (Phi) is 8.69. The van der Waals surface area contributed by atoms with Crippen LogP contribution in [-0.2, 0) is 4.74 Å². The van der Waals surface area contributed by atoms with Crippen molar-refractivity contribution in [1.82, 2.24) is 9.62 Å². The van der Waals surface area contributed by atoms with Crippen LogP contribution in [0.4, 0.5) is 0 Å². The van der Waals surface area contributed by atoms with Crippen LogP contribution in [0, 0.1) is 0 Å². The highest BCUT2D eigenvalue weighted by Crippen LogP contribution is 2.34. The number of halogens is 1. The van der Waals surface area contributed by atoms with Gasteiger partial charge in [0.15, 0.2) is 0 Å². The van der Waals surface area contributed by atoms with E-state index in [1.54, 1.807) is 30.8 Å². The average molecular weight is 430 g/mol. The number of rotatable bonds is 9. The first-order valence-corrected chi connectivity index (χ1v) is 10.6. The van der Waals surface area contributed by atoms with Crippen molar-refractivity contribution in [3.63, 3.8) is 0 Å². The first kappa shape index (κ1) is 19.8. The summed E-state index contributed by atoms with van der Waals surface area (Å²) < 4.78 is 8.66. The fourth-order valence-corrected chi connectivity index (χ4v) is 4.30. The maximum absolute atomic E-state index is 5.10. The SMILES string of the molecule is C=C(S/C=C\C)C1=NCC(/C=C/Br)=C2CC(NSCCOC)CN12. The molecule has 0 bridgehead atoms. The summed E-state index contributed by atoms with van der Waals surface area (Å²) in [6, 6.07) is 0.406. The number of nitrogens with one attached hydrogen (secondary N) is 1. The Labute approximate surface area is 161 Å². The molecule has 0 radical (unpaired) electrons. The van der Waals surface area contributed by atoms with Crippen molar-refractivity contribution in [2.45, 2.75) is 19.4 Å². The number of hydrogen-bond donors (Lipinski definition) is 1. The minimum atomic E-state index is 0.406. The predicted octanol–water partition coefficient (Wildman–Crippen LogP) is 4.30. The average Bonchev–Trinajstić information content (AvgIpc) is 3.01. The third kappa shape index (κ3) is 5.26. The zero-order valence-corrected chi connectivity index (χ0v) is 17.3. The second-order valence-electron chi connectivity index (χ2n) is 5.39. The minimum Gasteiger partial charge on any atom is -0.384 e. The molecule has 2 rings (SSSR count). The molecule has 2 aliphatic rings. The van der Waals surface area contributed by atoms with Crippen LogP contribution < -0.4 is 4.72 Å². The van der Waals surface area contributed by atoms with Gasteiger partial charge in [0, 0.05) is 42.5 Å².